The maximum atomic E-state index is 11.8. The van der Waals surface area contributed by atoms with E-state index in [1.54, 1.807) is 22.8 Å². The van der Waals surface area contributed by atoms with Crippen LogP contribution in [0.4, 0.5) is 4.79 Å². The molecule has 0 saturated carbocycles. The van der Waals surface area contributed by atoms with Gasteiger partial charge in [-0.15, -0.1) is 0 Å². The highest BCUT2D eigenvalue weighted by Crippen LogP contribution is 2.36. The predicted molar refractivity (Wildman–Crippen MR) is 96.8 cm³/mol. The van der Waals surface area contributed by atoms with Crippen LogP contribution in [0.25, 0.3) is 0 Å². The second-order valence-corrected chi connectivity index (χ2v) is 7.51. The molecule has 140 valence electrons. The molecule has 1 saturated heterocycles. The smallest absolute Gasteiger partial charge is 0.449 e. The van der Waals surface area contributed by atoms with Gasteiger partial charge in [-0.3, -0.25) is 4.68 Å². The van der Waals surface area contributed by atoms with Gasteiger partial charge in [-0.25, -0.2) is 4.79 Å². The van der Waals surface area contributed by atoms with Crippen LogP contribution >= 0.6 is 0 Å². The molecule has 1 aliphatic rings. The summed E-state index contributed by atoms with van der Waals surface area (Å²) in [6.07, 6.45) is 5.24. The zero-order valence-electron chi connectivity index (χ0n) is 16.2. The average Bonchev–Trinajstić information content (AvgIpc) is 3.07. The van der Waals surface area contributed by atoms with E-state index in [9.17, 15) is 4.79 Å². The summed E-state index contributed by atoms with van der Waals surface area (Å²) in [5.41, 5.74) is 0.136. The predicted octanol–water partition coefficient (Wildman–Crippen LogP) is 2.05. The molecule has 1 aromatic heterocycles. The molecule has 7 nitrogen and oxygen atoms in total. The van der Waals surface area contributed by atoms with Crippen LogP contribution in [0.2, 0.25) is 0 Å². The summed E-state index contributed by atoms with van der Waals surface area (Å²) in [5.74, 6) is 0. The molecule has 0 unspecified atom stereocenters. The SMILES string of the molecule is CCCCOC(=O)N(C)CCn1cc(B2OC(C)(C)C(C)(C)O2)cn1. The number of amides is 1. The molecular weight excluding hydrogens is 321 g/mol. The van der Waals surface area contributed by atoms with E-state index in [1.807, 2.05) is 33.9 Å². The summed E-state index contributed by atoms with van der Waals surface area (Å²) in [6.45, 7) is 11.7. The third kappa shape index (κ3) is 4.76. The Balaban J connectivity index is 1.85. The van der Waals surface area contributed by atoms with Crippen LogP contribution in [0.3, 0.4) is 0 Å². The lowest BCUT2D eigenvalue weighted by atomic mass is 9.82. The lowest BCUT2D eigenvalue weighted by Crippen LogP contribution is -2.41. The quantitative estimate of drug-likeness (QED) is 0.556. The molecule has 1 amide bonds. The molecule has 0 spiro atoms. The van der Waals surface area contributed by atoms with Crippen molar-refractivity contribution in [1.29, 1.82) is 0 Å². The van der Waals surface area contributed by atoms with Crippen molar-refractivity contribution in [2.75, 3.05) is 20.2 Å². The van der Waals surface area contributed by atoms with Crippen molar-refractivity contribution >= 4 is 18.7 Å². The van der Waals surface area contributed by atoms with Gasteiger partial charge < -0.3 is 18.9 Å². The van der Waals surface area contributed by atoms with Gasteiger partial charge in [0.1, 0.15) is 0 Å². The fourth-order valence-electron chi connectivity index (χ4n) is 2.36. The van der Waals surface area contributed by atoms with Crippen LogP contribution < -0.4 is 5.46 Å². The van der Waals surface area contributed by atoms with E-state index in [0.29, 0.717) is 19.7 Å². The van der Waals surface area contributed by atoms with E-state index >= 15 is 0 Å². The Morgan fingerprint density at radius 3 is 2.56 bits per heavy atom. The number of carbonyl (C=O) groups is 1. The van der Waals surface area contributed by atoms with Crippen LogP contribution in [0.5, 0.6) is 0 Å². The van der Waals surface area contributed by atoms with Gasteiger partial charge in [-0.1, -0.05) is 13.3 Å². The second kappa shape index (κ2) is 7.78. The molecule has 0 bridgehead atoms. The standard InChI is InChI=1S/C17H30BN3O4/c1-7-8-11-23-15(22)20(6)9-10-21-13-14(12-19-21)18-24-16(2,3)17(4,5)25-18/h12-13H,7-11H2,1-6H3. The summed E-state index contributed by atoms with van der Waals surface area (Å²) in [6, 6.07) is 0. The maximum absolute atomic E-state index is 11.8. The third-order valence-corrected chi connectivity index (χ3v) is 4.88. The van der Waals surface area contributed by atoms with E-state index < -0.39 is 7.12 Å². The van der Waals surface area contributed by atoms with E-state index in [4.69, 9.17) is 14.0 Å². The van der Waals surface area contributed by atoms with Gasteiger partial charge in [0.25, 0.3) is 0 Å². The molecule has 0 atom stereocenters. The number of hydrogen-bond acceptors (Lipinski definition) is 5. The van der Waals surface area contributed by atoms with Gasteiger partial charge >= 0.3 is 13.2 Å². The monoisotopic (exact) mass is 351 g/mol. The normalized spacial score (nSPS) is 18.4. The molecule has 0 aromatic carbocycles. The van der Waals surface area contributed by atoms with Crippen LogP contribution in [0.15, 0.2) is 12.4 Å². The number of rotatable bonds is 7. The molecule has 2 rings (SSSR count). The fourth-order valence-corrected chi connectivity index (χ4v) is 2.36. The van der Waals surface area contributed by atoms with E-state index in [2.05, 4.69) is 12.0 Å². The molecule has 0 N–H and O–H groups in total. The first-order valence-corrected chi connectivity index (χ1v) is 8.92. The zero-order chi connectivity index (χ0) is 18.7. The van der Waals surface area contributed by atoms with Crippen LogP contribution in [0, 0.1) is 0 Å². The molecule has 25 heavy (non-hydrogen) atoms. The van der Waals surface area contributed by atoms with Crippen LogP contribution in [-0.2, 0) is 20.6 Å². The van der Waals surface area contributed by atoms with Gasteiger partial charge in [0.2, 0.25) is 0 Å². The van der Waals surface area contributed by atoms with E-state index in [-0.39, 0.29) is 17.3 Å². The summed E-state index contributed by atoms with van der Waals surface area (Å²) in [7, 11) is 1.31. The minimum Gasteiger partial charge on any atom is -0.449 e. The molecule has 8 heteroatoms. The Morgan fingerprint density at radius 2 is 1.96 bits per heavy atom. The maximum Gasteiger partial charge on any atom is 0.498 e. The van der Waals surface area contributed by atoms with Crippen molar-refractivity contribution in [2.45, 2.75) is 65.2 Å². The summed E-state index contributed by atoms with van der Waals surface area (Å²) in [4.78, 5) is 13.4. The van der Waals surface area contributed by atoms with Crippen molar-refractivity contribution in [1.82, 2.24) is 14.7 Å². The van der Waals surface area contributed by atoms with Gasteiger partial charge in [0.15, 0.2) is 0 Å². The lowest BCUT2D eigenvalue weighted by Gasteiger charge is -2.32. The van der Waals surface area contributed by atoms with Crippen molar-refractivity contribution in [2.24, 2.45) is 0 Å². The number of unbranched alkanes of at least 4 members (excludes halogenated alkanes) is 1. The van der Waals surface area contributed by atoms with Crippen LogP contribution in [-0.4, -0.2) is 59.3 Å². The Labute approximate surface area is 150 Å². The van der Waals surface area contributed by atoms with E-state index in [1.165, 1.54) is 0 Å². The number of hydrogen-bond donors (Lipinski definition) is 0. The second-order valence-electron chi connectivity index (χ2n) is 7.51. The first-order chi connectivity index (χ1) is 11.7. The fraction of sp³-hybridized carbons (Fsp3) is 0.765. The number of likely N-dealkylation sites (N-methyl/N-ethyl adjacent to an activating group) is 1. The summed E-state index contributed by atoms with van der Waals surface area (Å²) in [5, 5.41) is 4.34. The molecule has 1 aromatic rings. The van der Waals surface area contributed by atoms with Gasteiger partial charge in [0, 0.05) is 31.4 Å². The number of carbonyl (C=O) groups excluding carboxylic acids is 1. The highest BCUT2D eigenvalue weighted by molar-refractivity contribution is 6.61. The lowest BCUT2D eigenvalue weighted by molar-refractivity contribution is 0.00578. The minimum absolute atomic E-state index is 0.299. The largest absolute Gasteiger partial charge is 0.498 e. The molecule has 1 aliphatic heterocycles. The summed E-state index contributed by atoms with van der Waals surface area (Å²) < 4.78 is 19.0. The third-order valence-electron chi connectivity index (χ3n) is 4.88. The highest BCUT2D eigenvalue weighted by Gasteiger charge is 2.52. The first kappa shape index (κ1) is 19.8. The average molecular weight is 351 g/mol. The Hall–Kier alpha value is -1.54. The zero-order valence-corrected chi connectivity index (χ0v) is 16.2. The number of ether oxygens (including phenoxy) is 1. The van der Waals surface area contributed by atoms with Crippen molar-refractivity contribution in [3.63, 3.8) is 0 Å². The van der Waals surface area contributed by atoms with Crippen molar-refractivity contribution in [3.05, 3.63) is 12.4 Å². The number of aromatic nitrogens is 2. The first-order valence-electron chi connectivity index (χ1n) is 8.92. The van der Waals surface area contributed by atoms with Crippen molar-refractivity contribution < 1.29 is 18.8 Å². The van der Waals surface area contributed by atoms with Crippen LogP contribution in [0.1, 0.15) is 47.5 Å². The molecule has 2 heterocycles. The Bertz CT molecular complexity index is 572. The van der Waals surface area contributed by atoms with Crippen molar-refractivity contribution in [3.8, 4) is 0 Å². The molecule has 0 aliphatic carbocycles. The Kier molecular flexibility index (Phi) is 6.16. The van der Waals surface area contributed by atoms with E-state index in [0.717, 1.165) is 18.3 Å². The minimum atomic E-state index is -0.421. The van der Waals surface area contributed by atoms with Gasteiger partial charge in [0.05, 0.1) is 24.4 Å². The number of nitrogens with zero attached hydrogens (tertiary/aromatic N) is 3. The topological polar surface area (TPSA) is 65.8 Å². The van der Waals surface area contributed by atoms with Gasteiger partial charge in [-0.2, -0.15) is 5.10 Å². The molecule has 1 fully saturated rings. The summed E-state index contributed by atoms with van der Waals surface area (Å²) >= 11 is 0. The highest BCUT2D eigenvalue weighted by atomic mass is 16.7. The van der Waals surface area contributed by atoms with Gasteiger partial charge in [-0.05, 0) is 34.1 Å². The molecular formula is C17H30BN3O4. The molecule has 0 radical (unpaired) electrons. The Morgan fingerprint density at radius 1 is 1.32 bits per heavy atom.